The van der Waals surface area contributed by atoms with E-state index in [1.165, 1.54) is 5.56 Å². The molecule has 0 N–H and O–H groups in total. The molecule has 0 aliphatic heterocycles. The van der Waals surface area contributed by atoms with Crippen molar-refractivity contribution in [1.29, 1.82) is 0 Å². The number of rotatable bonds is 3. The van der Waals surface area contributed by atoms with Crippen LogP contribution in [0.25, 0.3) is 12.2 Å². The van der Waals surface area contributed by atoms with Crippen molar-refractivity contribution in [3.63, 3.8) is 0 Å². The average molecular weight is 189 g/mol. The molecule has 0 atom stereocenters. The minimum Gasteiger partial charge on any atom is -0.256 e. The lowest BCUT2D eigenvalue weighted by Gasteiger charge is -2.01. The van der Waals surface area contributed by atoms with Crippen molar-refractivity contribution in [2.24, 2.45) is 0 Å². The molecular weight excluding hydrogens is 170 g/mol. The Balaban J connectivity index is 0.000000791. The van der Waals surface area contributed by atoms with Crippen LogP contribution < -0.4 is 0 Å². The zero-order valence-corrected chi connectivity index (χ0v) is 9.38. The van der Waals surface area contributed by atoms with Crippen molar-refractivity contribution in [2.45, 2.75) is 27.2 Å². The normalized spacial score (nSPS) is 8.50. The van der Waals surface area contributed by atoms with Crippen LogP contribution in [0.1, 0.15) is 37.6 Å². The molecule has 0 spiro atoms. The number of pyridine rings is 1. The molecule has 0 aromatic carbocycles. The van der Waals surface area contributed by atoms with Crippen LogP contribution in [0.15, 0.2) is 25.4 Å². The number of nitrogens with zero attached hydrogens (tertiary/aromatic N) is 1. The number of hydrogen-bond acceptors (Lipinski definition) is 1. The summed E-state index contributed by atoms with van der Waals surface area (Å²) >= 11 is 0. The van der Waals surface area contributed by atoms with E-state index in [4.69, 9.17) is 0 Å². The summed E-state index contributed by atoms with van der Waals surface area (Å²) in [4.78, 5) is 4.25. The molecule has 1 heterocycles. The van der Waals surface area contributed by atoms with Gasteiger partial charge in [0.15, 0.2) is 0 Å². The summed E-state index contributed by atoms with van der Waals surface area (Å²) in [6.07, 6.45) is 6.44. The third-order valence-corrected chi connectivity index (χ3v) is 1.83. The average Bonchev–Trinajstić information content (AvgIpc) is 2.30. The van der Waals surface area contributed by atoms with Crippen molar-refractivity contribution < 1.29 is 0 Å². The maximum absolute atomic E-state index is 4.25. The molecule has 14 heavy (non-hydrogen) atoms. The van der Waals surface area contributed by atoms with Gasteiger partial charge in [-0.3, -0.25) is 4.98 Å². The fraction of sp³-hybridized carbons (Fsp3) is 0.308. The molecule has 0 aliphatic carbocycles. The van der Waals surface area contributed by atoms with E-state index in [-0.39, 0.29) is 0 Å². The molecule has 0 radical (unpaired) electrons. The molecule has 1 nitrogen and oxygen atoms in total. The Bertz CT molecular complexity index is 300. The highest BCUT2D eigenvalue weighted by molar-refractivity contribution is 5.60. The van der Waals surface area contributed by atoms with E-state index in [9.17, 15) is 0 Å². The van der Waals surface area contributed by atoms with Gasteiger partial charge in [0.25, 0.3) is 0 Å². The third kappa shape index (κ3) is 3.17. The van der Waals surface area contributed by atoms with E-state index in [1.807, 2.05) is 26.1 Å². The first-order valence-electron chi connectivity index (χ1n) is 5.05. The Morgan fingerprint density at radius 1 is 1.29 bits per heavy atom. The topological polar surface area (TPSA) is 12.9 Å². The van der Waals surface area contributed by atoms with Crippen LogP contribution in [0.5, 0.6) is 0 Å². The van der Waals surface area contributed by atoms with Gasteiger partial charge in [0.2, 0.25) is 0 Å². The molecule has 1 aromatic heterocycles. The van der Waals surface area contributed by atoms with Crippen LogP contribution in [0, 0.1) is 0 Å². The van der Waals surface area contributed by atoms with Crippen LogP contribution in [0.3, 0.4) is 0 Å². The molecule has 0 aliphatic rings. The standard InChI is InChI=1S/C11H13N.C2H6/c1-4-9-7-10(5-2)11(6-3)12-8-9;1-2/h5-8H,2-4H2,1H3;1-2H3. The van der Waals surface area contributed by atoms with Crippen LogP contribution >= 0.6 is 0 Å². The van der Waals surface area contributed by atoms with Gasteiger partial charge < -0.3 is 0 Å². The zero-order chi connectivity index (χ0) is 11.0. The molecule has 0 amide bonds. The molecule has 0 fully saturated rings. The molecule has 0 saturated heterocycles. The Morgan fingerprint density at radius 2 is 1.93 bits per heavy atom. The predicted octanol–water partition coefficient (Wildman–Crippen LogP) is 3.96. The highest BCUT2D eigenvalue weighted by Crippen LogP contribution is 2.11. The molecule has 1 rings (SSSR count). The van der Waals surface area contributed by atoms with Gasteiger partial charge in [-0.25, -0.2) is 0 Å². The molecule has 0 bridgehead atoms. The van der Waals surface area contributed by atoms with E-state index in [2.05, 4.69) is 31.1 Å². The van der Waals surface area contributed by atoms with Gasteiger partial charge in [0.1, 0.15) is 0 Å². The molecular formula is C13H19N. The van der Waals surface area contributed by atoms with Crippen LogP contribution in [-0.4, -0.2) is 4.98 Å². The summed E-state index contributed by atoms with van der Waals surface area (Å²) in [6, 6.07) is 2.09. The second kappa shape index (κ2) is 7.07. The summed E-state index contributed by atoms with van der Waals surface area (Å²) in [7, 11) is 0. The molecule has 76 valence electrons. The van der Waals surface area contributed by atoms with Crippen molar-refractivity contribution in [1.82, 2.24) is 4.98 Å². The van der Waals surface area contributed by atoms with Crippen LogP contribution in [-0.2, 0) is 6.42 Å². The lowest BCUT2D eigenvalue weighted by Crippen LogP contribution is -1.89. The SMILES string of the molecule is C=Cc1cc(CC)cnc1C=C.CC. The molecule has 0 unspecified atom stereocenters. The summed E-state index contributed by atoms with van der Waals surface area (Å²) in [5, 5.41) is 0. The Kier molecular flexibility index (Phi) is 6.38. The maximum Gasteiger partial charge on any atom is 0.0696 e. The van der Waals surface area contributed by atoms with Gasteiger partial charge in [0, 0.05) is 6.20 Å². The van der Waals surface area contributed by atoms with Gasteiger partial charge in [-0.05, 0) is 29.7 Å². The number of aromatic nitrogens is 1. The van der Waals surface area contributed by atoms with Gasteiger partial charge in [-0.15, -0.1) is 0 Å². The van der Waals surface area contributed by atoms with Gasteiger partial charge in [-0.2, -0.15) is 0 Å². The van der Waals surface area contributed by atoms with E-state index in [1.54, 1.807) is 6.08 Å². The highest BCUT2D eigenvalue weighted by atomic mass is 14.7. The fourth-order valence-corrected chi connectivity index (χ4v) is 1.07. The van der Waals surface area contributed by atoms with Gasteiger partial charge in [0.05, 0.1) is 5.69 Å². The minimum atomic E-state index is 0.905. The summed E-state index contributed by atoms with van der Waals surface area (Å²) in [5.41, 5.74) is 3.20. The van der Waals surface area contributed by atoms with E-state index >= 15 is 0 Å². The van der Waals surface area contributed by atoms with Crippen molar-refractivity contribution >= 4 is 12.2 Å². The largest absolute Gasteiger partial charge is 0.256 e. The summed E-state index contributed by atoms with van der Waals surface area (Å²) in [6.45, 7) is 13.5. The lowest BCUT2D eigenvalue weighted by atomic mass is 10.1. The first-order chi connectivity index (χ1) is 6.81. The Labute approximate surface area is 87.2 Å². The highest BCUT2D eigenvalue weighted by Gasteiger charge is 1.97. The first-order valence-corrected chi connectivity index (χ1v) is 5.05. The third-order valence-electron chi connectivity index (χ3n) is 1.83. The van der Waals surface area contributed by atoms with Gasteiger partial charge >= 0.3 is 0 Å². The number of hydrogen-bond donors (Lipinski definition) is 0. The molecule has 1 aromatic rings. The molecule has 1 heteroatoms. The second-order valence-electron chi connectivity index (χ2n) is 2.58. The monoisotopic (exact) mass is 189 g/mol. The maximum atomic E-state index is 4.25. The minimum absolute atomic E-state index is 0.905. The Morgan fingerprint density at radius 3 is 2.36 bits per heavy atom. The van der Waals surface area contributed by atoms with E-state index in [0.717, 1.165) is 17.7 Å². The van der Waals surface area contributed by atoms with Crippen molar-refractivity contribution in [3.05, 3.63) is 42.2 Å². The smallest absolute Gasteiger partial charge is 0.0696 e. The number of aryl methyl sites for hydroxylation is 1. The lowest BCUT2D eigenvalue weighted by molar-refractivity contribution is 1.09. The Hall–Kier alpha value is -1.37. The zero-order valence-electron chi connectivity index (χ0n) is 9.38. The second-order valence-corrected chi connectivity index (χ2v) is 2.58. The first kappa shape index (κ1) is 12.6. The van der Waals surface area contributed by atoms with Crippen molar-refractivity contribution in [3.8, 4) is 0 Å². The van der Waals surface area contributed by atoms with Crippen molar-refractivity contribution in [2.75, 3.05) is 0 Å². The predicted molar refractivity (Wildman–Crippen MR) is 65.1 cm³/mol. The van der Waals surface area contributed by atoms with Crippen LogP contribution in [0.4, 0.5) is 0 Å². The molecule has 0 saturated carbocycles. The van der Waals surface area contributed by atoms with E-state index < -0.39 is 0 Å². The fourth-order valence-electron chi connectivity index (χ4n) is 1.07. The van der Waals surface area contributed by atoms with E-state index in [0.29, 0.717) is 0 Å². The van der Waals surface area contributed by atoms with Gasteiger partial charge in [-0.1, -0.05) is 40.0 Å². The van der Waals surface area contributed by atoms with Crippen LogP contribution in [0.2, 0.25) is 0 Å². The summed E-state index contributed by atoms with van der Waals surface area (Å²) < 4.78 is 0. The quantitative estimate of drug-likeness (QED) is 0.701. The summed E-state index contributed by atoms with van der Waals surface area (Å²) in [5.74, 6) is 0.